The molecule has 7 heteroatoms. The molecule has 28 heavy (non-hydrogen) atoms. The Balaban J connectivity index is 1.84. The molecule has 0 amide bonds. The van der Waals surface area contributed by atoms with Crippen molar-refractivity contribution in [1.82, 2.24) is 9.78 Å². The van der Waals surface area contributed by atoms with E-state index in [4.69, 9.17) is 15.6 Å². The number of rotatable bonds is 5. The first-order valence-electron chi connectivity index (χ1n) is 9.30. The molecule has 1 aromatic heterocycles. The van der Waals surface area contributed by atoms with Crippen LogP contribution in [0.25, 0.3) is 16.8 Å². The lowest BCUT2D eigenvalue weighted by molar-refractivity contribution is -0.921. The number of nitrogens with two attached hydrogens (primary N) is 1. The molecule has 2 heterocycles. The highest BCUT2D eigenvalue weighted by molar-refractivity contribution is 5.91. The molecule has 1 saturated heterocycles. The van der Waals surface area contributed by atoms with Gasteiger partial charge in [-0.15, -0.1) is 0 Å². The Kier molecular flexibility index (Phi) is 5.10. The van der Waals surface area contributed by atoms with Crippen LogP contribution >= 0.6 is 0 Å². The van der Waals surface area contributed by atoms with Crippen LogP contribution in [0.2, 0.25) is 0 Å². The molecule has 4 rings (SSSR count). The summed E-state index contributed by atoms with van der Waals surface area (Å²) in [6, 6.07) is 16.4. The predicted molar refractivity (Wildman–Crippen MR) is 103 cm³/mol. The summed E-state index contributed by atoms with van der Waals surface area (Å²) in [4.78, 5) is 12.9. The molecule has 0 unspecified atom stereocenters. The van der Waals surface area contributed by atoms with E-state index in [0.717, 1.165) is 43.1 Å². The van der Waals surface area contributed by atoms with Gasteiger partial charge in [0, 0.05) is 5.56 Å². The van der Waals surface area contributed by atoms with Gasteiger partial charge in [0.25, 0.3) is 0 Å². The van der Waals surface area contributed by atoms with Gasteiger partial charge >= 0.3 is 0 Å². The number of benzene rings is 2. The van der Waals surface area contributed by atoms with Gasteiger partial charge in [-0.25, -0.2) is 4.68 Å². The number of anilines is 1. The summed E-state index contributed by atoms with van der Waals surface area (Å²) in [5, 5.41) is 16.3. The van der Waals surface area contributed by atoms with E-state index in [1.807, 2.05) is 30.3 Å². The molecule has 0 atom stereocenters. The maximum Gasteiger partial charge on any atom is 0.135 e. The Morgan fingerprint density at radius 2 is 1.79 bits per heavy atom. The number of ether oxygens (including phenoxy) is 1. The first-order chi connectivity index (χ1) is 13.6. The van der Waals surface area contributed by atoms with Crippen molar-refractivity contribution in [3.8, 4) is 16.8 Å². The molecule has 0 bridgehead atoms. The molecule has 1 aliphatic rings. The van der Waals surface area contributed by atoms with Gasteiger partial charge < -0.3 is 25.3 Å². The van der Waals surface area contributed by atoms with Crippen LogP contribution in [-0.2, 0) is 11.3 Å². The molecule has 1 aliphatic heterocycles. The van der Waals surface area contributed by atoms with Crippen LogP contribution in [0.5, 0.6) is 0 Å². The summed E-state index contributed by atoms with van der Waals surface area (Å²) < 4.78 is 6.97. The van der Waals surface area contributed by atoms with Crippen LogP contribution < -0.4 is 15.7 Å². The molecule has 2 aromatic carbocycles. The molecule has 0 aliphatic carbocycles. The first kappa shape index (κ1) is 18.2. The number of carbonyl (C=O) groups excluding carboxylic acids is 1. The van der Waals surface area contributed by atoms with E-state index >= 15 is 0 Å². The minimum atomic E-state index is -1.26. The molecule has 0 spiro atoms. The van der Waals surface area contributed by atoms with Gasteiger partial charge in [-0.05, 0) is 11.6 Å². The smallest absolute Gasteiger partial charge is 0.135 e. The lowest BCUT2D eigenvalue weighted by Crippen LogP contribution is -3.12. The fourth-order valence-corrected chi connectivity index (χ4v) is 3.61. The van der Waals surface area contributed by atoms with Gasteiger partial charge in [0.1, 0.15) is 31.1 Å². The predicted octanol–water partition coefficient (Wildman–Crippen LogP) is -0.0999. The van der Waals surface area contributed by atoms with Crippen molar-refractivity contribution in [3.63, 3.8) is 0 Å². The Labute approximate surface area is 163 Å². The average Bonchev–Trinajstić information content (AvgIpc) is 3.05. The number of quaternary nitrogens is 1. The second kappa shape index (κ2) is 7.84. The van der Waals surface area contributed by atoms with E-state index in [1.165, 1.54) is 15.6 Å². The van der Waals surface area contributed by atoms with E-state index in [1.54, 1.807) is 18.2 Å². The van der Waals surface area contributed by atoms with E-state index in [-0.39, 0.29) is 5.56 Å². The summed E-state index contributed by atoms with van der Waals surface area (Å²) in [6.07, 6.45) is 0. The largest absolute Gasteiger partial charge is 0.545 e. The molecule has 144 valence electrons. The lowest BCUT2D eigenvalue weighted by Gasteiger charge is -2.23. The number of morpholine rings is 1. The average molecular weight is 378 g/mol. The number of carboxylic acid groups (broad SMARTS) is 1. The Hall–Kier alpha value is -3.16. The number of nitrogens with one attached hydrogen (secondary N) is 1. The molecule has 0 saturated carbocycles. The van der Waals surface area contributed by atoms with Crippen LogP contribution in [0.4, 0.5) is 5.82 Å². The summed E-state index contributed by atoms with van der Waals surface area (Å²) >= 11 is 0. The van der Waals surface area contributed by atoms with Gasteiger partial charge in [-0.2, -0.15) is 5.10 Å². The normalized spacial score (nSPS) is 14.9. The van der Waals surface area contributed by atoms with Crippen LogP contribution in [0, 0.1) is 0 Å². The van der Waals surface area contributed by atoms with Gasteiger partial charge in [0.15, 0.2) is 0 Å². The maximum atomic E-state index is 11.6. The number of aromatic carboxylic acids is 1. The number of hydrogen-bond donors (Lipinski definition) is 2. The lowest BCUT2D eigenvalue weighted by atomic mass is 10.0. The Bertz CT molecular complexity index is 979. The Morgan fingerprint density at radius 3 is 2.50 bits per heavy atom. The van der Waals surface area contributed by atoms with Crippen molar-refractivity contribution in [2.75, 3.05) is 32.0 Å². The SMILES string of the molecule is Nc1c(-c2ccccc2)c(C[NH+]2CCOCC2)nn1-c1ccccc1C(=O)[O-]. The Morgan fingerprint density at radius 1 is 1.11 bits per heavy atom. The number of aromatic nitrogens is 2. The molecular weight excluding hydrogens is 356 g/mol. The third-order valence-corrected chi connectivity index (χ3v) is 5.03. The maximum absolute atomic E-state index is 11.6. The second-order valence-corrected chi connectivity index (χ2v) is 6.83. The highest BCUT2D eigenvalue weighted by Crippen LogP contribution is 2.32. The number of carboxylic acids is 1. The van der Waals surface area contributed by atoms with Crippen molar-refractivity contribution >= 4 is 11.8 Å². The number of para-hydroxylation sites is 1. The zero-order chi connectivity index (χ0) is 19.5. The topological polar surface area (TPSA) is 97.6 Å². The number of carbonyl (C=O) groups is 1. The zero-order valence-electron chi connectivity index (χ0n) is 15.4. The highest BCUT2D eigenvalue weighted by atomic mass is 16.5. The van der Waals surface area contributed by atoms with Gasteiger partial charge in [0.2, 0.25) is 0 Å². The van der Waals surface area contributed by atoms with Gasteiger partial charge in [0.05, 0.1) is 30.4 Å². The van der Waals surface area contributed by atoms with Crippen LogP contribution in [0.1, 0.15) is 16.1 Å². The summed E-state index contributed by atoms with van der Waals surface area (Å²) in [7, 11) is 0. The minimum absolute atomic E-state index is 0.0570. The third-order valence-electron chi connectivity index (χ3n) is 5.03. The van der Waals surface area contributed by atoms with Crippen molar-refractivity contribution in [2.45, 2.75) is 6.54 Å². The third kappa shape index (κ3) is 3.49. The van der Waals surface area contributed by atoms with Crippen molar-refractivity contribution in [1.29, 1.82) is 0 Å². The second-order valence-electron chi connectivity index (χ2n) is 6.83. The van der Waals surface area contributed by atoms with Crippen molar-refractivity contribution in [2.24, 2.45) is 0 Å². The molecule has 3 aromatic rings. The fourth-order valence-electron chi connectivity index (χ4n) is 3.61. The fraction of sp³-hybridized carbons (Fsp3) is 0.238. The van der Waals surface area contributed by atoms with Crippen molar-refractivity contribution < 1.29 is 19.5 Å². The molecule has 0 radical (unpaired) electrons. The first-order valence-corrected chi connectivity index (χ1v) is 9.30. The van der Waals surface area contributed by atoms with E-state index in [9.17, 15) is 9.90 Å². The van der Waals surface area contributed by atoms with E-state index in [0.29, 0.717) is 18.1 Å². The summed E-state index contributed by atoms with van der Waals surface area (Å²) in [5.41, 5.74) is 9.60. The van der Waals surface area contributed by atoms with Gasteiger partial charge in [-0.1, -0.05) is 48.5 Å². The van der Waals surface area contributed by atoms with Crippen LogP contribution in [0.3, 0.4) is 0 Å². The summed E-state index contributed by atoms with van der Waals surface area (Å²) in [5.74, 6) is -0.838. The van der Waals surface area contributed by atoms with E-state index in [2.05, 4.69) is 0 Å². The monoisotopic (exact) mass is 378 g/mol. The standard InChI is InChI=1S/C21H22N4O3/c22-20-19(15-6-2-1-3-7-15)17(14-24-10-12-28-13-11-24)23-25(20)18-9-5-4-8-16(18)21(26)27/h1-9H,10-14,22H2,(H,26,27). The molecule has 7 nitrogen and oxygen atoms in total. The zero-order valence-corrected chi connectivity index (χ0v) is 15.4. The van der Waals surface area contributed by atoms with Crippen LogP contribution in [0.15, 0.2) is 54.6 Å². The van der Waals surface area contributed by atoms with Crippen LogP contribution in [-0.4, -0.2) is 42.1 Å². The molecular formula is C21H22N4O3. The van der Waals surface area contributed by atoms with E-state index < -0.39 is 5.97 Å². The number of nitrogens with zero attached hydrogens (tertiary/aromatic N) is 2. The highest BCUT2D eigenvalue weighted by Gasteiger charge is 2.24. The number of nitrogen functional groups attached to an aromatic ring is 1. The minimum Gasteiger partial charge on any atom is -0.545 e. The molecule has 3 N–H and O–H groups in total. The van der Waals surface area contributed by atoms with Crippen molar-refractivity contribution in [3.05, 3.63) is 65.9 Å². The summed E-state index contributed by atoms with van der Waals surface area (Å²) in [6.45, 7) is 3.94. The van der Waals surface area contributed by atoms with Gasteiger partial charge in [-0.3, -0.25) is 0 Å². The number of hydrogen-bond acceptors (Lipinski definition) is 5. The quantitative estimate of drug-likeness (QED) is 0.646. The molecule has 1 fully saturated rings.